The average molecular weight is 246 g/mol. The molecule has 3 nitrogen and oxygen atoms in total. The summed E-state index contributed by atoms with van der Waals surface area (Å²) in [4.78, 5) is 4.46. The number of aliphatic hydroxyl groups excluding tert-OH is 1. The summed E-state index contributed by atoms with van der Waals surface area (Å²) in [6, 6.07) is 4.39. The van der Waals surface area contributed by atoms with Crippen LogP contribution < -0.4 is 0 Å². The number of imidazole rings is 1. The largest absolute Gasteiger partial charge is 0.396 e. The monoisotopic (exact) mass is 246 g/mol. The van der Waals surface area contributed by atoms with Crippen molar-refractivity contribution in [2.45, 2.75) is 46.1 Å². The first-order valence-electron chi connectivity index (χ1n) is 6.75. The normalized spacial score (nSPS) is 11.3. The second-order valence-corrected chi connectivity index (χ2v) is 5.00. The Morgan fingerprint density at radius 1 is 1.06 bits per heavy atom. The smallest absolute Gasteiger partial charge is 0.0958 e. The maximum absolute atomic E-state index is 8.73. The van der Waals surface area contributed by atoms with Gasteiger partial charge in [0.2, 0.25) is 0 Å². The van der Waals surface area contributed by atoms with Gasteiger partial charge in [-0.15, -0.1) is 0 Å². The first kappa shape index (κ1) is 13.1. The summed E-state index contributed by atoms with van der Waals surface area (Å²) in [5.41, 5.74) is 4.95. The third-order valence-corrected chi connectivity index (χ3v) is 3.54. The Labute approximate surface area is 108 Å². The summed E-state index contributed by atoms with van der Waals surface area (Å²) in [7, 11) is 0. The van der Waals surface area contributed by atoms with E-state index in [1.54, 1.807) is 0 Å². The van der Waals surface area contributed by atoms with Gasteiger partial charge in [-0.25, -0.2) is 4.98 Å². The summed E-state index contributed by atoms with van der Waals surface area (Å²) in [5.74, 6) is 0. The molecule has 1 heterocycles. The van der Waals surface area contributed by atoms with Gasteiger partial charge in [0.1, 0.15) is 0 Å². The zero-order valence-electron chi connectivity index (χ0n) is 11.3. The zero-order chi connectivity index (χ0) is 13.0. The third-order valence-electron chi connectivity index (χ3n) is 3.54. The van der Waals surface area contributed by atoms with Crippen LogP contribution in [0.25, 0.3) is 11.0 Å². The molecule has 3 heteroatoms. The molecule has 0 radical (unpaired) electrons. The molecule has 18 heavy (non-hydrogen) atoms. The van der Waals surface area contributed by atoms with Gasteiger partial charge < -0.3 is 9.67 Å². The van der Waals surface area contributed by atoms with E-state index in [-0.39, 0.29) is 0 Å². The molecule has 2 aromatic rings. The predicted octanol–water partition coefficient (Wildman–Crippen LogP) is 3.21. The molecular weight excluding hydrogens is 224 g/mol. The fourth-order valence-corrected chi connectivity index (χ4v) is 2.24. The van der Waals surface area contributed by atoms with Gasteiger partial charge in [0.25, 0.3) is 0 Å². The van der Waals surface area contributed by atoms with Gasteiger partial charge in [-0.2, -0.15) is 0 Å². The van der Waals surface area contributed by atoms with Gasteiger partial charge in [0, 0.05) is 13.2 Å². The highest BCUT2D eigenvalue weighted by Crippen LogP contribution is 2.19. The SMILES string of the molecule is Cc1cc2ncn(CCCCCCO)c2cc1C. The number of aryl methyl sites for hydroxylation is 3. The Hall–Kier alpha value is -1.35. The molecule has 1 aromatic heterocycles. The second kappa shape index (κ2) is 6.01. The quantitative estimate of drug-likeness (QED) is 0.795. The number of nitrogens with zero attached hydrogens (tertiary/aromatic N) is 2. The van der Waals surface area contributed by atoms with Crippen molar-refractivity contribution in [3.8, 4) is 0 Å². The predicted molar refractivity (Wildman–Crippen MR) is 74.8 cm³/mol. The maximum atomic E-state index is 8.73. The van der Waals surface area contributed by atoms with E-state index in [0.717, 1.165) is 31.3 Å². The van der Waals surface area contributed by atoms with Gasteiger partial charge in [0.05, 0.1) is 17.4 Å². The lowest BCUT2D eigenvalue weighted by molar-refractivity contribution is 0.282. The van der Waals surface area contributed by atoms with E-state index >= 15 is 0 Å². The van der Waals surface area contributed by atoms with Crippen LogP contribution in [0.15, 0.2) is 18.5 Å². The van der Waals surface area contributed by atoms with Crippen LogP contribution in [-0.2, 0) is 6.54 Å². The fourth-order valence-electron chi connectivity index (χ4n) is 2.24. The van der Waals surface area contributed by atoms with Crippen molar-refractivity contribution < 1.29 is 5.11 Å². The van der Waals surface area contributed by atoms with Crippen molar-refractivity contribution >= 4 is 11.0 Å². The Morgan fingerprint density at radius 2 is 1.78 bits per heavy atom. The van der Waals surface area contributed by atoms with Gasteiger partial charge in [-0.1, -0.05) is 12.8 Å². The molecule has 0 unspecified atom stereocenters. The topological polar surface area (TPSA) is 38.0 Å². The zero-order valence-corrected chi connectivity index (χ0v) is 11.3. The van der Waals surface area contributed by atoms with Crippen molar-refractivity contribution in [3.05, 3.63) is 29.6 Å². The standard InChI is InChI=1S/C15H22N2O/c1-12-9-14-15(10-13(12)2)17(11-16-14)7-5-3-4-6-8-18/h9-11,18H,3-8H2,1-2H3. The molecule has 98 valence electrons. The highest BCUT2D eigenvalue weighted by atomic mass is 16.2. The molecule has 0 amide bonds. The molecule has 0 aliphatic carbocycles. The fraction of sp³-hybridized carbons (Fsp3) is 0.533. The van der Waals surface area contributed by atoms with E-state index in [9.17, 15) is 0 Å². The molecule has 0 saturated heterocycles. The molecule has 1 aromatic carbocycles. The number of benzene rings is 1. The number of aromatic nitrogens is 2. The van der Waals surface area contributed by atoms with Crippen molar-refractivity contribution in [1.29, 1.82) is 0 Å². The minimum absolute atomic E-state index is 0.312. The summed E-state index contributed by atoms with van der Waals surface area (Å²) in [6.07, 6.45) is 6.29. The van der Waals surface area contributed by atoms with Crippen LogP contribution in [0, 0.1) is 13.8 Å². The Balaban J connectivity index is 2.03. The Bertz CT molecular complexity index is 516. The number of aliphatic hydroxyl groups is 1. The average Bonchev–Trinajstić information content (AvgIpc) is 2.72. The number of hydrogen-bond acceptors (Lipinski definition) is 2. The highest BCUT2D eigenvalue weighted by Gasteiger charge is 2.04. The van der Waals surface area contributed by atoms with E-state index in [4.69, 9.17) is 5.11 Å². The van der Waals surface area contributed by atoms with E-state index in [2.05, 4.69) is 35.5 Å². The molecule has 0 fully saturated rings. The van der Waals surface area contributed by atoms with E-state index in [1.807, 2.05) is 6.33 Å². The minimum Gasteiger partial charge on any atom is -0.396 e. The molecule has 0 bridgehead atoms. The summed E-state index contributed by atoms with van der Waals surface area (Å²) >= 11 is 0. The Morgan fingerprint density at radius 3 is 2.56 bits per heavy atom. The molecule has 0 aliphatic rings. The number of rotatable bonds is 6. The molecule has 1 N–H and O–H groups in total. The lowest BCUT2D eigenvalue weighted by Gasteiger charge is -2.06. The summed E-state index contributed by atoms with van der Waals surface area (Å²) < 4.78 is 2.24. The maximum Gasteiger partial charge on any atom is 0.0958 e. The molecule has 0 aliphatic heterocycles. The van der Waals surface area contributed by atoms with E-state index in [0.29, 0.717) is 6.61 Å². The van der Waals surface area contributed by atoms with Crippen molar-refractivity contribution in [1.82, 2.24) is 9.55 Å². The lowest BCUT2D eigenvalue weighted by Crippen LogP contribution is -1.97. The van der Waals surface area contributed by atoms with Gasteiger partial charge in [0.15, 0.2) is 0 Å². The van der Waals surface area contributed by atoms with Crippen LogP contribution in [0.1, 0.15) is 36.8 Å². The summed E-state index contributed by atoms with van der Waals surface area (Å²) in [5, 5.41) is 8.73. The van der Waals surface area contributed by atoms with Crippen LogP contribution in [0.5, 0.6) is 0 Å². The van der Waals surface area contributed by atoms with Crippen LogP contribution in [0.4, 0.5) is 0 Å². The van der Waals surface area contributed by atoms with E-state index in [1.165, 1.54) is 23.1 Å². The van der Waals surface area contributed by atoms with Crippen molar-refractivity contribution in [3.63, 3.8) is 0 Å². The lowest BCUT2D eigenvalue weighted by atomic mass is 10.1. The van der Waals surface area contributed by atoms with Crippen LogP contribution >= 0.6 is 0 Å². The van der Waals surface area contributed by atoms with Crippen LogP contribution in [0.3, 0.4) is 0 Å². The highest BCUT2D eigenvalue weighted by molar-refractivity contribution is 5.77. The molecule has 0 saturated carbocycles. The molecule has 0 spiro atoms. The summed E-state index contributed by atoms with van der Waals surface area (Å²) in [6.45, 7) is 5.60. The number of unbranched alkanes of at least 4 members (excludes halogenated alkanes) is 3. The number of fused-ring (bicyclic) bond motifs is 1. The molecular formula is C15H22N2O. The van der Waals surface area contributed by atoms with E-state index < -0.39 is 0 Å². The van der Waals surface area contributed by atoms with Crippen molar-refractivity contribution in [2.75, 3.05) is 6.61 Å². The number of hydrogen-bond donors (Lipinski definition) is 1. The minimum atomic E-state index is 0.312. The molecule has 2 rings (SSSR count). The Kier molecular flexibility index (Phi) is 4.37. The third kappa shape index (κ3) is 2.91. The van der Waals surface area contributed by atoms with Crippen molar-refractivity contribution in [2.24, 2.45) is 0 Å². The van der Waals surface area contributed by atoms with Crippen LogP contribution in [0.2, 0.25) is 0 Å². The van der Waals surface area contributed by atoms with Gasteiger partial charge >= 0.3 is 0 Å². The first-order chi connectivity index (χ1) is 8.72. The van der Waals surface area contributed by atoms with Gasteiger partial charge in [-0.05, 0) is 49.9 Å². The van der Waals surface area contributed by atoms with Crippen LogP contribution in [-0.4, -0.2) is 21.3 Å². The second-order valence-electron chi connectivity index (χ2n) is 5.00. The first-order valence-corrected chi connectivity index (χ1v) is 6.75. The van der Waals surface area contributed by atoms with Gasteiger partial charge in [-0.3, -0.25) is 0 Å². The molecule has 0 atom stereocenters.